The molecule has 0 fully saturated rings. The summed E-state index contributed by atoms with van der Waals surface area (Å²) in [5.41, 5.74) is 2.02. The third-order valence-corrected chi connectivity index (χ3v) is 5.07. The van der Waals surface area contributed by atoms with Crippen molar-refractivity contribution in [3.8, 4) is 0 Å². The molecule has 1 aliphatic heterocycles. The topological polar surface area (TPSA) is 29.1 Å². The van der Waals surface area contributed by atoms with Gasteiger partial charge in [0.1, 0.15) is 5.54 Å². The van der Waals surface area contributed by atoms with Gasteiger partial charge in [-0.1, -0.05) is 48.5 Å². The largest absolute Gasteiger partial charge is 0.368 e. The molecule has 1 aliphatic rings. The molecule has 1 aromatic heterocycles. The average molecular weight is 305 g/mol. The molecule has 2 heterocycles. The predicted molar refractivity (Wildman–Crippen MR) is 90.5 cm³/mol. The first-order valence-corrected chi connectivity index (χ1v) is 8.17. The Labute approximate surface area is 133 Å². The molecule has 1 N–H and O–H groups in total. The van der Waals surface area contributed by atoms with Crippen LogP contribution in [0.15, 0.2) is 72.1 Å². The van der Waals surface area contributed by atoms with Gasteiger partial charge >= 0.3 is 0 Å². The zero-order chi connectivity index (χ0) is 15.0. The second-order valence-corrected chi connectivity index (χ2v) is 6.56. The molecule has 2 aromatic carbocycles. The average Bonchev–Trinajstić information content (AvgIpc) is 3.17. The molecule has 4 rings (SSSR count). The molecule has 0 bridgehead atoms. The van der Waals surface area contributed by atoms with Crippen molar-refractivity contribution in [2.75, 3.05) is 5.32 Å². The Bertz CT molecular complexity index is 806. The van der Waals surface area contributed by atoms with E-state index in [4.69, 9.17) is 0 Å². The number of para-hydroxylation sites is 1. The van der Waals surface area contributed by atoms with Crippen LogP contribution in [0.5, 0.6) is 0 Å². The van der Waals surface area contributed by atoms with E-state index in [1.165, 1.54) is 4.88 Å². The number of hydrogen-bond acceptors (Lipinski definition) is 3. The molecule has 0 radical (unpaired) electrons. The summed E-state index contributed by atoms with van der Waals surface area (Å²) in [4.78, 5) is 14.4. The van der Waals surface area contributed by atoms with Crippen molar-refractivity contribution >= 4 is 22.8 Å². The lowest BCUT2D eigenvalue weighted by Crippen LogP contribution is -2.40. The van der Waals surface area contributed by atoms with Crippen LogP contribution < -0.4 is 5.32 Å². The zero-order valence-corrected chi connectivity index (χ0v) is 12.8. The summed E-state index contributed by atoms with van der Waals surface area (Å²) >= 11 is 1.69. The number of thiophene rings is 1. The fraction of sp³-hybridized carbons (Fsp3) is 0.105. The highest BCUT2D eigenvalue weighted by molar-refractivity contribution is 7.09. The smallest absolute Gasteiger partial charge is 0.195 e. The lowest BCUT2D eigenvalue weighted by atomic mass is 9.82. The second kappa shape index (κ2) is 5.11. The molecule has 3 heteroatoms. The third-order valence-electron chi connectivity index (χ3n) is 4.19. The summed E-state index contributed by atoms with van der Waals surface area (Å²) in [6.45, 7) is 0. The maximum absolute atomic E-state index is 13.2. The van der Waals surface area contributed by atoms with E-state index in [1.54, 1.807) is 11.3 Å². The van der Waals surface area contributed by atoms with Crippen molar-refractivity contribution < 1.29 is 4.79 Å². The predicted octanol–water partition coefficient (Wildman–Crippen LogP) is 4.49. The first kappa shape index (κ1) is 13.3. The van der Waals surface area contributed by atoms with Gasteiger partial charge in [0.15, 0.2) is 5.78 Å². The minimum absolute atomic E-state index is 0.155. The molecule has 1 unspecified atom stereocenters. The van der Waals surface area contributed by atoms with Crippen molar-refractivity contribution in [2.45, 2.75) is 12.0 Å². The fourth-order valence-electron chi connectivity index (χ4n) is 3.13. The summed E-state index contributed by atoms with van der Waals surface area (Å²) in [6.07, 6.45) is 0.669. The van der Waals surface area contributed by atoms with E-state index >= 15 is 0 Å². The highest BCUT2D eigenvalue weighted by Gasteiger charge is 2.46. The van der Waals surface area contributed by atoms with Gasteiger partial charge in [-0.3, -0.25) is 4.79 Å². The molecule has 3 aromatic rings. The van der Waals surface area contributed by atoms with Crippen LogP contribution in [-0.2, 0) is 12.0 Å². The Morgan fingerprint density at radius 3 is 2.41 bits per heavy atom. The first-order valence-electron chi connectivity index (χ1n) is 7.29. The number of ketones is 1. The van der Waals surface area contributed by atoms with Crippen LogP contribution >= 0.6 is 11.3 Å². The molecule has 2 nitrogen and oxygen atoms in total. The maximum Gasteiger partial charge on any atom is 0.195 e. The van der Waals surface area contributed by atoms with Crippen molar-refractivity contribution in [2.24, 2.45) is 0 Å². The number of Topliss-reactive ketones (excluding diaryl/α,β-unsaturated/α-hetero) is 1. The van der Waals surface area contributed by atoms with Gasteiger partial charge in [-0.05, 0) is 29.1 Å². The van der Waals surface area contributed by atoms with Gasteiger partial charge in [-0.15, -0.1) is 11.3 Å². The van der Waals surface area contributed by atoms with Gasteiger partial charge in [0.25, 0.3) is 0 Å². The van der Waals surface area contributed by atoms with Crippen LogP contribution in [0.2, 0.25) is 0 Å². The lowest BCUT2D eigenvalue weighted by Gasteiger charge is -2.29. The monoisotopic (exact) mass is 305 g/mol. The van der Waals surface area contributed by atoms with Gasteiger partial charge < -0.3 is 5.32 Å². The lowest BCUT2D eigenvalue weighted by molar-refractivity contribution is 0.0917. The molecule has 108 valence electrons. The number of carbonyl (C=O) groups is 1. The quantitative estimate of drug-likeness (QED) is 0.772. The normalized spacial score (nSPS) is 19.7. The van der Waals surface area contributed by atoms with Crippen molar-refractivity contribution in [3.05, 3.63) is 88.1 Å². The minimum atomic E-state index is -0.699. The number of anilines is 1. The van der Waals surface area contributed by atoms with E-state index in [0.29, 0.717) is 6.42 Å². The molecule has 0 amide bonds. The van der Waals surface area contributed by atoms with Crippen LogP contribution in [0.1, 0.15) is 20.8 Å². The summed E-state index contributed by atoms with van der Waals surface area (Å²) < 4.78 is 0. The summed E-state index contributed by atoms with van der Waals surface area (Å²) in [6, 6.07) is 21.9. The Kier molecular flexibility index (Phi) is 3.09. The number of fused-ring (bicyclic) bond motifs is 1. The van der Waals surface area contributed by atoms with Crippen LogP contribution in [0, 0.1) is 0 Å². The number of benzene rings is 2. The highest BCUT2D eigenvalue weighted by atomic mass is 32.1. The van der Waals surface area contributed by atoms with Crippen molar-refractivity contribution in [3.63, 3.8) is 0 Å². The van der Waals surface area contributed by atoms with Gasteiger partial charge in [0.2, 0.25) is 0 Å². The van der Waals surface area contributed by atoms with E-state index in [-0.39, 0.29) is 5.78 Å². The van der Waals surface area contributed by atoms with E-state index in [9.17, 15) is 4.79 Å². The standard InChI is InChI=1S/C19H15NOS/c21-18-16-10-4-5-11-17(16)20-19(18,13-15-9-6-12-22-15)14-7-2-1-3-8-14/h1-12,20H,13H2. The number of nitrogens with one attached hydrogen (secondary N) is 1. The molecule has 0 saturated carbocycles. The first-order chi connectivity index (χ1) is 10.8. The van der Waals surface area contributed by atoms with Gasteiger partial charge in [0.05, 0.1) is 0 Å². The number of carbonyl (C=O) groups excluding carboxylic acids is 1. The summed E-state index contributed by atoms with van der Waals surface area (Å²) in [5.74, 6) is 0.155. The van der Waals surface area contributed by atoms with E-state index in [2.05, 4.69) is 16.8 Å². The maximum atomic E-state index is 13.2. The Morgan fingerprint density at radius 2 is 1.68 bits per heavy atom. The SMILES string of the molecule is O=C1c2ccccc2NC1(Cc1cccs1)c1ccccc1. The molecule has 0 saturated heterocycles. The van der Waals surface area contributed by atoms with Crippen LogP contribution in [0.3, 0.4) is 0 Å². The molecule has 0 spiro atoms. The Balaban J connectivity index is 1.86. The van der Waals surface area contributed by atoms with E-state index in [0.717, 1.165) is 16.8 Å². The van der Waals surface area contributed by atoms with Gasteiger partial charge in [-0.2, -0.15) is 0 Å². The highest BCUT2D eigenvalue weighted by Crippen LogP contribution is 2.41. The third kappa shape index (κ3) is 1.97. The molecule has 1 atom stereocenters. The summed E-state index contributed by atoms with van der Waals surface area (Å²) in [7, 11) is 0. The summed E-state index contributed by atoms with van der Waals surface area (Å²) in [5, 5.41) is 5.57. The Morgan fingerprint density at radius 1 is 0.909 bits per heavy atom. The van der Waals surface area contributed by atoms with E-state index in [1.807, 2.05) is 60.7 Å². The Hall–Kier alpha value is -2.39. The molecular weight excluding hydrogens is 290 g/mol. The molecular formula is C19H15NOS. The van der Waals surface area contributed by atoms with Crippen LogP contribution in [-0.4, -0.2) is 5.78 Å². The van der Waals surface area contributed by atoms with Gasteiger partial charge in [-0.25, -0.2) is 0 Å². The zero-order valence-electron chi connectivity index (χ0n) is 12.0. The number of rotatable bonds is 3. The van der Waals surface area contributed by atoms with Crippen molar-refractivity contribution in [1.29, 1.82) is 0 Å². The fourth-order valence-corrected chi connectivity index (χ4v) is 3.92. The van der Waals surface area contributed by atoms with Crippen LogP contribution in [0.25, 0.3) is 0 Å². The molecule has 22 heavy (non-hydrogen) atoms. The van der Waals surface area contributed by atoms with Gasteiger partial charge in [0, 0.05) is 22.5 Å². The van der Waals surface area contributed by atoms with Crippen LogP contribution in [0.4, 0.5) is 5.69 Å². The molecule has 0 aliphatic carbocycles. The minimum Gasteiger partial charge on any atom is -0.368 e. The van der Waals surface area contributed by atoms with E-state index < -0.39 is 5.54 Å². The van der Waals surface area contributed by atoms with Crippen molar-refractivity contribution in [1.82, 2.24) is 0 Å². The second-order valence-electron chi connectivity index (χ2n) is 5.53. The number of hydrogen-bond donors (Lipinski definition) is 1.